The van der Waals surface area contributed by atoms with Gasteiger partial charge in [-0.1, -0.05) is 37.7 Å². The molecular formula is C13H18F3NOS. The van der Waals surface area contributed by atoms with Gasteiger partial charge in [0.05, 0.1) is 5.94 Å². The molecule has 6 heteroatoms. The fourth-order valence-electron chi connectivity index (χ4n) is 1.33. The zero-order chi connectivity index (χ0) is 14.3. The van der Waals surface area contributed by atoms with Crippen LogP contribution in [0.1, 0.15) is 19.4 Å². The molecule has 108 valence electrons. The number of halogens is 3. The molecule has 0 bridgehead atoms. The van der Waals surface area contributed by atoms with Crippen LogP contribution in [0.5, 0.6) is 0 Å². The van der Waals surface area contributed by atoms with Crippen LogP contribution in [0.25, 0.3) is 0 Å². The summed E-state index contributed by atoms with van der Waals surface area (Å²) in [6.45, 7) is 3.66. The molecule has 0 unspecified atom stereocenters. The van der Waals surface area contributed by atoms with Crippen LogP contribution in [0, 0.1) is 0 Å². The van der Waals surface area contributed by atoms with E-state index in [4.69, 9.17) is 0 Å². The summed E-state index contributed by atoms with van der Waals surface area (Å²) in [5.74, 6) is 0.000568. The topological polar surface area (TPSA) is 21.3 Å². The molecule has 0 aliphatic carbocycles. The molecule has 0 spiro atoms. The highest BCUT2D eigenvalue weighted by molar-refractivity contribution is 7.99. The summed E-state index contributed by atoms with van der Waals surface area (Å²) in [5, 5.41) is 3.29. The van der Waals surface area contributed by atoms with Crippen LogP contribution >= 0.6 is 11.8 Å². The van der Waals surface area contributed by atoms with Gasteiger partial charge < -0.3 is 10.1 Å². The molecule has 1 rings (SSSR count). The largest absolute Gasteiger partial charge is 0.411 e. The van der Waals surface area contributed by atoms with E-state index in [1.54, 1.807) is 0 Å². The SMILES string of the molecule is CC(C)NCc1cccc(SCOCC(F)(F)F)c1. The lowest BCUT2D eigenvalue weighted by Crippen LogP contribution is -2.21. The third kappa shape index (κ3) is 8.13. The second-order valence-electron chi connectivity index (χ2n) is 4.41. The third-order valence-corrected chi connectivity index (χ3v) is 3.06. The Hall–Kier alpha value is -0.720. The highest BCUT2D eigenvalue weighted by Crippen LogP contribution is 2.21. The molecule has 1 N–H and O–H groups in total. The maximum absolute atomic E-state index is 11.9. The zero-order valence-corrected chi connectivity index (χ0v) is 11.8. The number of rotatable bonds is 7. The predicted molar refractivity (Wildman–Crippen MR) is 71.1 cm³/mol. The molecule has 0 aromatic heterocycles. The molecule has 0 aliphatic rings. The van der Waals surface area contributed by atoms with Crippen LogP contribution < -0.4 is 5.32 Å². The number of thioether (sulfide) groups is 1. The Morgan fingerprint density at radius 1 is 1.32 bits per heavy atom. The summed E-state index contributed by atoms with van der Waals surface area (Å²) in [6.07, 6.45) is -4.26. The van der Waals surface area contributed by atoms with Gasteiger partial charge in [0.1, 0.15) is 6.61 Å². The van der Waals surface area contributed by atoms with E-state index >= 15 is 0 Å². The first kappa shape index (κ1) is 16.3. The Morgan fingerprint density at radius 3 is 2.68 bits per heavy atom. The van der Waals surface area contributed by atoms with Crippen molar-refractivity contribution in [2.24, 2.45) is 0 Å². The Kier molecular flexibility index (Phi) is 6.68. The average molecular weight is 293 g/mol. The van der Waals surface area contributed by atoms with E-state index in [1.807, 2.05) is 24.3 Å². The highest BCUT2D eigenvalue weighted by Gasteiger charge is 2.27. The van der Waals surface area contributed by atoms with E-state index in [9.17, 15) is 13.2 Å². The van der Waals surface area contributed by atoms with E-state index in [0.29, 0.717) is 6.04 Å². The lowest BCUT2D eigenvalue weighted by atomic mass is 10.2. The van der Waals surface area contributed by atoms with Gasteiger partial charge in [0, 0.05) is 17.5 Å². The van der Waals surface area contributed by atoms with Crippen molar-refractivity contribution < 1.29 is 17.9 Å². The van der Waals surface area contributed by atoms with E-state index in [0.717, 1.165) is 17.0 Å². The number of ether oxygens (including phenoxy) is 1. The molecular weight excluding hydrogens is 275 g/mol. The fraction of sp³-hybridized carbons (Fsp3) is 0.538. The maximum atomic E-state index is 11.9. The Morgan fingerprint density at radius 2 is 2.05 bits per heavy atom. The molecule has 1 aromatic rings. The molecule has 0 radical (unpaired) electrons. The molecule has 0 atom stereocenters. The Balaban J connectivity index is 2.35. The van der Waals surface area contributed by atoms with Crippen molar-refractivity contribution in [3.05, 3.63) is 29.8 Å². The molecule has 19 heavy (non-hydrogen) atoms. The summed E-state index contributed by atoms with van der Waals surface area (Å²) in [7, 11) is 0. The van der Waals surface area contributed by atoms with E-state index in [2.05, 4.69) is 23.9 Å². The van der Waals surface area contributed by atoms with Gasteiger partial charge in [-0.15, -0.1) is 0 Å². The second-order valence-corrected chi connectivity index (χ2v) is 5.40. The van der Waals surface area contributed by atoms with Crippen molar-refractivity contribution in [1.82, 2.24) is 5.32 Å². The van der Waals surface area contributed by atoms with Crippen molar-refractivity contribution >= 4 is 11.8 Å². The molecule has 2 nitrogen and oxygen atoms in total. The Bertz CT molecular complexity index is 382. The first-order valence-corrected chi connectivity index (χ1v) is 6.95. The Labute approximate surface area is 115 Å². The van der Waals surface area contributed by atoms with Crippen LogP contribution in [0.3, 0.4) is 0 Å². The van der Waals surface area contributed by atoms with Gasteiger partial charge in [0.15, 0.2) is 0 Å². The number of nitrogens with one attached hydrogen (secondary N) is 1. The monoisotopic (exact) mass is 293 g/mol. The van der Waals surface area contributed by atoms with Gasteiger partial charge in [-0.05, 0) is 17.7 Å². The minimum absolute atomic E-state index is 0.000568. The number of benzene rings is 1. The van der Waals surface area contributed by atoms with Crippen LogP contribution in [0.4, 0.5) is 13.2 Å². The van der Waals surface area contributed by atoms with Gasteiger partial charge in [0.2, 0.25) is 0 Å². The van der Waals surface area contributed by atoms with E-state index in [-0.39, 0.29) is 5.94 Å². The lowest BCUT2D eigenvalue weighted by Gasteiger charge is -2.10. The van der Waals surface area contributed by atoms with Crippen molar-refractivity contribution in [1.29, 1.82) is 0 Å². The van der Waals surface area contributed by atoms with Crippen molar-refractivity contribution in [2.45, 2.75) is 37.5 Å². The average Bonchev–Trinajstić information content (AvgIpc) is 2.32. The molecule has 0 fully saturated rings. The minimum Gasteiger partial charge on any atom is -0.361 e. The van der Waals surface area contributed by atoms with Crippen LogP contribution in [0.15, 0.2) is 29.2 Å². The van der Waals surface area contributed by atoms with Gasteiger partial charge in [-0.2, -0.15) is 13.2 Å². The zero-order valence-electron chi connectivity index (χ0n) is 11.0. The summed E-state index contributed by atoms with van der Waals surface area (Å²) < 4.78 is 40.2. The molecule has 1 aromatic carbocycles. The molecule has 0 saturated carbocycles. The summed E-state index contributed by atoms with van der Waals surface area (Å²) in [5.41, 5.74) is 1.11. The summed E-state index contributed by atoms with van der Waals surface area (Å²) in [6, 6.07) is 8.09. The first-order chi connectivity index (χ1) is 8.87. The van der Waals surface area contributed by atoms with Crippen LogP contribution in [-0.4, -0.2) is 24.8 Å². The van der Waals surface area contributed by atoms with Gasteiger partial charge in [-0.3, -0.25) is 0 Å². The standard InChI is InChI=1S/C13H18F3NOS/c1-10(2)17-7-11-4-3-5-12(6-11)19-9-18-8-13(14,15)16/h3-6,10,17H,7-9H2,1-2H3. The maximum Gasteiger partial charge on any atom is 0.411 e. The predicted octanol–water partition coefficient (Wildman–Crippen LogP) is 3.81. The summed E-state index contributed by atoms with van der Waals surface area (Å²) in [4.78, 5) is 0.908. The molecule has 0 heterocycles. The minimum atomic E-state index is -4.26. The third-order valence-electron chi connectivity index (χ3n) is 2.19. The van der Waals surface area contributed by atoms with Gasteiger partial charge in [-0.25, -0.2) is 0 Å². The van der Waals surface area contributed by atoms with Crippen molar-refractivity contribution in [2.75, 3.05) is 12.5 Å². The molecule has 0 amide bonds. The van der Waals surface area contributed by atoms with E-state index < -0.39 is 12.8 Å². The quantitative estimate of drug-likeness (QED) is 0.469. The number of alkyl halides is 3. The normalized spacial score (nSPS) is 12.1. The fourth-order valence-corrected chi connectivity index (χ4v) is 2.05. The number of hydrogen-bond acceptors (Lipinski definition) is 3. The van der Waals surface area contributed by atoms with E-state index in [1.165, 1.54) is 11.8 Å². The summed E-state index contributed by atoms with van der Waals surface area (Å²) >= 11 is 1.26. The smallest absolute Gasteiger partial charge is 0.361 e. The first-order valence-electron chi connectivity index (χ1n) is 5.96. The van der Waals surface area contributed by atoms with Crippen molar-refractivity contribution in [3.8, 4) is 0 Å². The highest BCUT2D eigenvalue weighted by atomic mass is 32.2. The molecule has 0 aliphatic heterocycles. The van der Waals surface area contributed by atoms with Crippen LogP contribution in [0.2, 0.25) is 0 Å². The van der Waals surface area contributed by atoms with Crippen molar-refractivity contribution in [3.63, 3.8) is 0 Å². The number of hydrogen-bond donors (Lipinski definition) is 1. The molecule has 0 saturated heterocycles. The lowest BCUT2D eigenvalue weighted by molar-refractivity contribution is -0.168. The van der Waals surface area contributed by atoms with Crippen LogP contribution in [-0.2, 0) is 11.3 Å². The van der Waals surface area contributed by atoms with Gasteiger partial charge >= 0.3 is 6.18 Å². The second kappa shape index (κ2) is 7.77. The van der Waals surface area contributed by atoms with Gasteiger partial charge in [0.25, 0.3) is 0 Å².